The number of rotatable bonds is 5. The first-order valence-corrected chi connectivity index (χ1v) is 6.84. The number of hydrogen-bond donors (Lipinski definition) is 1. The fourth-order valence-electron chi connectivity index (χ4n) is 1.92. The molecule has 0 saturated heterocycles. The Morgan fingerprint density at radius 1 is 1.05 bits per heavy atom. The lowest BCUT2D eigenvalue weighted by Crippen LogP contribution is -2.37. The van der Waals surface area contributed by atoms with Crippen LogP contribution in [0.1, 0.15) is 25.5 Å². The predicted molar refractivity (Wildman–Crippen MR) is 79.5 cm³/mol. The largest absolute Gasteiger partial charge is 0.481 e. The minimum Gasteiger partial charge on any atom is -0.481 e. The van der Waals surface area contributed by atoms with Gasteiger partial charge < -0.3 is 10.1 Å². The van der Waals surface area contributed by atoms with Crippen molar-refractivity contribution in [3.05, 3.63) is 66.0 Å². The molecule has 4 heteroatoms. The highest BCUT2D eigenvalue weighted by molar-refractivity contribution is 5.81. The lowest BCUT2D eigenvalue weighted by atomic mass is 10.1. The maximum absolute atomic E-state index is 12.9. The molecule has 2 rings (SSSR count). The third kappa shape index (κ3) is 4.31. The highest BCUT2D eigenvalue weighted by atomic mass is 19.1. The number of carbonyl (C=O) groups is 1. The number of nitrogens with one attached hydrogen (secondary N) is 1. The van der Waals surface area contributed by atoms with Crippen LogP contribution in [-0.4, -0.2) is 12.0 Å². The van der Waals surface area contributed by atoms with E-state index >= 15 is 0 Å². The first kappa shape index (κ1) is 15.0. The number of para-hydroxylation sites is 1. The van der Waals surface area contributed by atoms with Crippen molar-refractivity contribution < 1.29 is 13.9 Å². The van der Waals surface area contributed by atoms with Crippen LogP contribution < -0.4 is 10.1 Å². The molecule has 0 aliphatic rings. The molecule has 2 aromatic rings. The van der Waals surface area contributed by atoms with Crippen molar-refractivity contribution in [2.75, 3.05) is 0 Å². The molecule has 1 N–H and O–H groups in total. The third-order valence-corrected chi connectivity index (χ3v) is 3.15. The van der Waals surface area contributed by atoms with Gasteiger partial charge in [-0.3, -0.25) is 4.79 Å². The molecule has 0 bridgehead atoms. The Bertz CT molecular complexity index is 583. The maximum Gasteiger partial charge on any atom is 0.261 e. The maximum atomic E-state index is 12.9. The molecule has 0 heterocycles. The van der Waals surface area contributed by atoms with Crippen molar-refractivity contribution in [3.63, 3.8) is 0 Å². The molecule has 0 unspecified atom stereocenters. The van der Waals surface area contributed by atoms with E-state index in [0.717, 1.165) is 5.56 Å². The van der Waals surface area contributed by atoms with Crippen molar-refractivity contribution >= 4 is 5.91 Å². The average molecular weight is 287 g/mol. The van der Waals surface area contributed by atoms with E-state index in [9.17, 15) is 9.18 Å². The second-order valence-electron chi connectivity index (χ2n) is 4.85. The fourth-order valence-corrected chi connectivity index (χ4v) is 1.92. The van der Waals surface area contributed by atoms with E-state index in [4.69, 9.17) is 4.74 Å². The van der Waals surface area contributed by atoms with E-state index in [1.54, 1.807) is 31.2 Å². The zero-order valence-corrected chi connectivity index (χ0v) is 12.0. The summed E-state index contributed by atoms with van der Waals surface area (Å²) >= 11 is 0. The van der Waals surface area contributed by atoms with Gasteiger partial charge in [-0.1, -0.05) is 30.3 Å². The molecule has 21 heavy (non-hydrogen) atoms. The summed E-state index contributed by atoms with van der Waals surface area (Å²) in [7, 11) is 0. The van der Waals surface area contributed by atoms with Crippen LogP contribution in [0.5, 0.6) is 5.75 Å². The summed E-state index contributed by atoms with van der Waals surface area (Å²) in [6.07, 6.45) is -0.602. The summed E-state index contributed by atoms with van der Waals surface area (Å²) in [5.41, 5.74) is 0.844. The van der Waals surface area contributed by atoms with E-state index in [2.05, 4.69) is 5.32 Å². The van der Waals surface area contributed by atoms with Gasteiger partial charge in [0, 0.05) is 0 Å². The molecule has 110 valence electrons. The molecular formula is C17H18FNO2. The SMILES string of the molecule is C[C@@H](Oc1ccccc1)C(=O)N[C@H](C)c1ccc(F)cc1. The molecule has 0 aliphatic carbocycles. The van der Waals surface area contributed by atoms with Gasteiger partial charge in [0.25, 0.3) is 5.91 Å². The van der Waals surface area contributed by atoms with Crippen LogP contribution in [0.2, 0.25) is 0 Å². The number of hydrogen-bond acceptors (Lipinski definition) is 2. The Hall–Kier alpha value is -2.36. The molecule has 2 atom stereocenters. The number of amides is 1. The van der Waals surface area contributed by atoms with Crippen molar-refractivity contribution in [2.45, 2.75) is 26.0 Å². The van der Waals surface area contributed by atoms with Gasteiger partial charge >= 0.3 is 0 Å². The van der Waals surface area contributed by atoms with Gasteiger partial charge in [0.1, 0.15) is 11.6 Å². The minimum absolute atomic E-state index is 0.208. The van der Waals surface area contributed by atoms with Gasteiger partial charge in [-0.15, -0.1) is 0 Å². The monoisotopic (exact) mass is 287 g/mol. The van der Waals surface area contributed by atoms with Crippen molar-refractivity contribution in [1.82, 2.24) is 5.32 Å². The topological polar surface area (TPSA) is 38.3 Å². The molecular weight excluding hydrogens is 269 g/mol. The van der Waals surface area contributed by atoms with Gasteiger partial charge in [0.05, 0.1) is 6.04 Å². The standard InChI is InChI=1S/C17H18FNO2/c1-12(14-8-10-15(18)11-9-14)19-17(20)13(2)21-16-6-4-3-5-7-16/h3-13H,1-2H3,(H,19,20)/t12-,13-/m1/s1. The molecule has 2 aromatic carbocycles. The molecule has 0 aromatic heterocycles. The summed E-state index contributed by atoms with van der Waals surface area (Å²) in [5, 5.41) is 2.85. The first-order valence-electron chi connectivity index (χ1n) is 6.84. The molecule has 0 spiro atoms. The molecule has 0 saturated carbocycles. The van der Waals surface area contributed by atoms with Crippen molar-refractivity contribution in [1.29, 1.82) is 0 Å². The van der Waals surface area contributed by atoms with Gasteiger partial charge in [0.2, 0.25) is 0 Å². The zero-order chi connectivity index (χ0) is 15.2. The highest BCUT2D eigenvalue weighted by Gasteiger charge is 2.17. The van der Waals surface area contributed by atoms with Crippen LogP contribution in [0.25, 0.3) is 0 Å². The molecule has 0 radical (unpaired) electrons. The summed E-state index contributed by atoms with van der Waals surface area (Å²) in [5.74, 6) is 0.142. The minimum atomic E-state index is -0.602. The Labute approximate surface area is 123 Å². The molecule has 1 amide bonds. The summed E-state index contributed by atoms with van der Waals surface area (Å²) < 4.78 is 18.4. The van der Waals surface area contributed by atoms with E-state index < -0.39 is 6.10 Å². The first-order chi connectivity index (χ1) is 10.1. The van der Waals surface area contributed by atoms with Crippen molar-refractivity contribution in [2.24, 2.45) is 0 Å². The highest BCUT2D eigenvalue weighted by Crippen LogP contribution is 2.14. The molecule has 0 fully saturated rings. The second-order valence-corrected chi connectivity index (χ2v) is 4.85. The van der Waals surface area contributed by atoms with E-state index in [-0.39, 0.29) is 17.8 Å². The number of benzene rings is 2. The van der Waals surface area contributed by atoms with Crippen LogP contribution in [0, 0.1) is 5.82 Å². The second kappa shape index (κ2) is 6.88. The quantitative estimate of drug-likeness (QED) is 0.914. The van der Waals surface area contributed by atoms with Crippen LogP contribution in [-0.2, 0) is 4.79 Å². The van der Waals surface area contributed by atoms with Crippen LogP contribution >= 0.6 is 0 Å². The number of halogens is 1. The Balaban J connectivity index is 1.92. The summed E-state index contributed by atoms with van der Waals surface area (Å²) in [4.78, 5) is 12.1. The van der Waals surface area contributed by atoms with Gasteiger partial charge in [-0.25, -0.2) is 4.39 Å². The lowest BCUT2D eigenvalue weighted by molar-refractivity contribution is -0.127. The van der Waals surface area contributed by atoms with E-state index in [1.165, 1.54) is 12.1 Å². The van der Waals surface area contributed by atoms with Crippen LogP contribution in [0.3, 0.4) is 0 Å². The number of carbonyl (C=O) groups excluding carboxylic acids is 1. The Morgan fingerprint density at radius 2 is 1.67 bits per heavy atom. The van der Waals surface area contributed by atoms with Crippen molar-refractivity contribution in [3.8, 4) is 5.75 Å². The predicted octanol–water partition coefficient (Wildman–Crippen LogP) is 3.47. The summed E-state index contributed by atoms with van der Waals surface area (Å²) in [6.45, 7) is 3.54. The van der Waals surface area contributed by atoms with Crippen LogP contribution in [0.15, 0.2) is 54.6 Å². The molecule has 0 aliphatic heterocycles. The fraction of sp³-hybridized carbons (Fsp3) is 0.235. The normalized spacial score (nSPS) is 13.3. The molecule has 3 nitrogen and oxygen atoms in total. The smallest absolute Gasteiger partial charge is 0.261 e. The lowest BCUT2D eigenvalue weighted by Gasteiger charge is -2.19. The average Bonchev–Trinajstić information content (AvgIpc) is 2.48. The Kier molecular flexibility index (Phi) is 4.93. The van der Waals surface area contributed by atoms with E-state index in [1.807, 2.05) is 25.1 Å². The number of ether oxygens (including phenoxy) is 1. The Morgan fingerprint density at radius 3 is 2.29 bits per heavy atom. The van der Waals surface area contributed by atoms with Crippen LogP contribution in [0.4, 0.5) is 4.39 Å². The van der Waals surface area contributed by atoms with Gasteiger partial charge in [0.15, 0.2) is 6.10 Å². The van der Waals surface area contributed by atoms with Gasteiger partial charge in [-0.05, 0) is 43.7 Å². The third-order valence-electron chi connectivity index (χ3n) is 3.15. The summed E-state index contributed by atoms with van der Waals surface area (Å²) in [6, 6.07) is 15.0. The van der Waals surface area contributed by atoms with Gasteiger partial charge in [-0.2, -0.15) is 0 Å². The zero-order valence-electron chi connectivity index (χ0n) is 12.0. The van der Waals surface area contributed by atoms with E-state index in [0.29, 0.717) is 5.75 Å².